The second-order valence-corrected chi connectivity index (χ2v) is 5.05. The van der Waals surface area contributed by atoms with Crippen molar-refractivity contribution in [2.24, 2.45) is 0 Å². The Balaban J connectivity index is 2.51. The SMILES string of the molecule is CC[C@](c1ccc(F)cc1)(N1CCCC1)[B-](F)(F)F. The first-order valence-electron chi connectivity index (χ1n) is 6.62. The zero-order chi connectivity index (χ0) is 14.1. The highest BCUT2D eigenvalue weighted by Gasteiger charge is 2.53. The minimum Gasteiger partial charge on any atom is -0.448 e. The van der Waals surface area contributed by atoms with Crippen LogP contribution in [0.25, 0.3) is 0 Å². The smallest absolute Gasteiger partial charge is 0.448 e. The Morgan fingerprint density at radius 1 is 1.11 bits per heavy atom. The van der Waals surface area contributed by atoms with Crippen LogP contribution in [0, 0.1) is 5.82 Å². The summed E-state index contributed by atoms with van der Waals surface area (Å²) in [7, 11) is 0. The largest absolute Gasteiger partial charge is 0.502 e. The molecule has 19 heavy (non-hydrogen) atoms. The third-order valence-electron chi connectivity index (χ3n) is 4.09. The van der Waals surface area contributed by atoms with E-state index in [4.69, 9.17) is 0 Å². The van der Waals surface area contributed by atoms with Crippen molar-refractivity contribution in [2.75, 3.05) is 13.1 Å². The Labute approximate surface area is 110 Å². The van der Waals surface area contributed by atoms with E-state index in [1.807, 2.05) is 0 Å². The lowest BCUT2D eigenvalue weighted by Crippen LogP contribution is -2.58. The molecule has 0 bridgehead atoms. The van der Waals surface area contributed by atoms with Crippen LogP contribution in [0.1, 0.15) is 31.7 Å². The number of nitrogens with zero attached hydrogens (tertiary/aromatic N) is 1. The number of benzene rings is 1. The van der Waals surface area contributed by atoms with Crippen molar-refractivity contribution < 1.29 is 17.3 Å². The lowest BCUT2D eigenvalue weighted by molar-refractivity contribution is 0.137. The van der Waals surface area contributed by atoms with Crippen LogP contribution in [0.3, 0.4) is 0 Å². The quantitative estimate of drug-likeness (QED) is 0.594. The van der Waals surface area contributed by atoms with Gasteiger partial charge in [-0.05, 0) is 38.1 Å². The van der Waals surface area contributed by atoms with E-state index in [1.54, 1.807) is 6.92 Å². The van der Waals surface area contributed by atoms with E-state index in [2.05, 4.69) is 0 Å². The number of hydrogen-bond acceptors (Lipinski definition) is 1. The van der Waals surface area contributed by atoms with Crippen molar-refractivity contribution in [2.45, 2.75) is 31.6 Å². The van der Waals surface area contributed by atoms with Crippen LogP contribution >= 0.6 is 0 Å². The van der Waals surface area contributed by atoms with Gasteiger partial charge in [-0.2, -0.15) is 0 Å². The summed E-state index contributed by atoms with van der Waals surface area (Å²) in [5.41, 5.74) is -1.77. The fourth-order valence-electron chi connectivity index (χ4n) is 3.09. The minimum atomic E-state index is -5.08. The number of hydrogen-bond donors (Lipinski definition) is 0. The molecule has 0 saturated carbocycles. The van der Waals surface area contributed by atoms with Crippen LogP contribution in [0.5, 0.6) is 0 Å². The van der Waals surface area contributed by atoms with E-state index >= 15 is 0 Å². The van der Waals surface area contributed by atoms with Crippen molar-refractivity contribution in [1.82, 2.24) is 4.90 Å². The van der Waals surface area contributed by atoms with Crippen LogP contribution < -0.4 is 0 Å². The molecule has 106 valence electrons. The number of likely N-dealkylation sites (tertiary alicyclic amines) is 1. The maximum absolute atomic E-state index is 13.7. The molecule has 0 radical (unpaired) electrons. The lowest BCUT2D eigenvalue weighted by atomic mass is 9.58. The molecule has 1 saturated heterocycles. The predicted octanol–water partition coefficient (Wildman–Crippen LogP) is 3.91. The van der Waals surface area contributed by atoms with Crippen molar-refractivity contribution in [3.63, 3.8) is 0 Å². The summed E-state index contributed by atoms with van der Waals surface area (Å²) in [6.45, 7) is -2.63. The van der Waals surface area contributed by atoms with Crippen molar-refractivity contribution >= 4 is 6.98 Å². The van der Waals surface area contributed by atoms with Gasteiger partial charge in [0.15, 0.2) is 0 Å². The van der Waals surface area contributed by atoms with Crippen LogP contribution in [-0.4, -0.2) is 25.0 Å². The highest BCUT2D eigenvalue weighted by atomic mass is 19.4. The van der Waals surface area contributed by atoms with Gasteiger partial charge in [0.1, 0.15) is 5.82 Å². The fourth-order valence-corrected chi connectivity index (χ4v) is 3.09. The van der Waals surface area contributed by atoms with Gasteiger partial charge in [-0.3, -0.25) is 0 Å². The standard InChI is InChI=1S/C13H17BF4N/c1-2-13(14(16,17)18,19-9-3-4-10-19)11-5-7-12(15)8-6-11/h5-8H,2-4,9-10H2,1H3/q-1/t13-/m1/s1. The van der Waals surface area contributed by atoms with Gasteiger partial charge in [-0.1, -0.05) is 31.0 Å². The summed E-state index contributed by atoms with van der Waals surface area (Å²) in [6, 6.07) is 4.76. The normalized spacial score (nSPS) is 20.5. The Kier molecular flexibility index (Phi) is 3.90. The summed E-state index contributed by atoms with van der Waals surface area (Å²) < 4.78 is 54.2. The van der Waals surface area contributed by atoms with Gasteiger partial charge in [0, 0.05) is 5.44 Å². The molecule has 1 atom stereocenters. The fraction of sp³-hybridized carbons (Fsp3) is 0.538. The van der Waals surface area contributed by atoms with E-state index in [9.17, 15) is 17.3 Å². The molecule has 0 aliphatic carbocycles. The summed E-state index contributed by atoms with van der Waals surface area (Å²) in [5.74, 6) is -0.509. The molecule has 0 spiro atoms. The Morgan fingerprint density at radius 2 is 1.63 bits per heavy atom. The van der Waals surface area contributed by atoms with Gasteiger partial charge in [0.05, 0.1) is 0 Å². The molecule has 1 nitrogen and oxygen atoms in total. The van der Waals surface area contributed by atoms with Gasteiger partial charge >= 0.3 is 6.98 Å². The molecular formula is C13H17BF4N-. The average molecular weight is 274 g/mol. The second-order valence-electron chi connectivity index (χ2n) is 5.05. The molecule has 0 aromatic heterocycles. The summed E-state index contributed by atoms with van der Waals surface area (Å²) in [6.07, 6.45) is 1.53. The first kappa shape index (κ1) is 14.4. The van der Waals surface area contributed by atoms with E-state index in [0.29, 0.717) is 13.1 Å². The molecular weight excluding hydrogens is 257 g/mol. The second kappa shape index (κ2) is 5.15. The third-order valence-corrected chi connectivity index (χ3v) is 4.09. The minimum absolute atomic E-state index is 0.0396. The van der Waals surface area contributed by atoms with Crippen LogP contribution in [-0.2, 0) is 5.44 Å². The van der Waals surface area contributed by atoms with E-state index < -0.39 is 18.2 Å². The zero-order valence-electron chi connectivity index (χ0n) is 10.9. The monoisotopic (exact) mass is 274 g/mol. The van der Waals surface area contributed by atoms with Gasteiger partial charge in [-0.15, -0.1) is 0 Å². The van der Waals surface area contributed by atoms with Crippen molar-refractivity contribution in [3.05, 3.63) is 35.6 Å². The molecule has 0 amide bonds. The lowest BCUT2D eigenvalue weighted by Gasteiger charge is -2.49. The zero-order valence-corrected chi connectivity index (χ0v) is 10.9. The van der Waals surface area contributed by atoms with Crippen LogP contribution in [0.2, 0.25) is 0 Å². The molecule has 0 unspecified atom stereocenters. The Hall–Kier alpha value is -1.04. The van der Waals surface area contributed by atoms with Crippen LogP contribution in [0.15, 0.2) is 24.3 Å². The molecule has 1 fully saturated rings. The summed E-state index contributed by atoms with van der Waals surface area (Å²) in [4.78, 5) is 1.51. The average Bonchev–Trinajstić information content (AvgIpc) is 2.85. The van der Waals surface area contributed by atoms with Gasteiger partial charge in [0.25, 0.3) is 0 Å². The molecule has 0 N–H and O–H groups in total. The first-order valence-corrected chi connectivity index (χ1v) is 6.62. The summed E-state index contributed by atoms with van der Waals surface area (Å²) in [5, 5.41) is 0. The molecule has 1 aromatic rings. The molecule has 1 aliphatic heterocycles. The Bertz CT molecular complexity index is 425. The van der Waals surface area contributed by atoms with Gasteiger partial charge < -0.3 is 17.8 Å². The van der Waals surface area contributed by atoms with E-state index in [-0.39, 0.29) is 12.0 Å². The topological polar surface area (TPSA) is 3.24 Å². The molecule has 2 rings (SSSR count). The van der Waals surface area contributed by atoms with Gasteiger partial charge in [-0.25, -0.2) is 4.39 Å². The number of halogens is 4. The predicted molar refractivity (Wildman–Crippen MR) is 68.3 cm³/mol. The third kappa shape index (κ3) is 2.38. The number of rotatable bonds is 4. The molecule has 1 aromatic carbocycles. The van der Waals surface area contributed by atoms with Crippen molar-refractivity contribution in [1.29, 1.82) is 0 Å². The summed E-state index contributed by atoms with van der Waals surface area (Å²) >= 11 is 0. The van der Waals surface area contributed by atoms with Crippen LogP contribution in [0.4, 0.5) is 17.3 Å². The molecule has 6 heteroatoms. The molecule has 1 aliphatic rings. The highest BCUT2D eigenvalue weighted by Crippen LogP contribution is 2.44. The van der Waals surface area contributed by atoms with E-state index in [1.165, 1.54) is 17.0 Å². The molecule has 1 heterocycles. The Morgan fingerprint density at radius 3 is 2.05 bits per heavy atom. The van der Waals surface area contributed by atoms with Gasteiger partial charge in [0.2, 0.25) is 0 Å². The maximum atomic E-state index is 13.7. The van der Waals surface area contributed by atoms with Crippen molar-refractivity contribution in [3.8, 4) is 0 Å². The maximum Gasteiger partial charge on any atom is 0.502 e. The van der Waals surface area contributed by atoms with E-state index in [0.717, 1.165) is 25.0 Å². The first-order chi connectivity index (χ1) is 8.91. The highest BCUT2D eigenvalue weighted by molar-refractivity contribution is 6.62.